The second-order valence-electron chi connectivity index (χ2n) is 5.65. The number of rotatable bonds is 3. The van der Waals surface area contributed by atoms with Crippen molar-refractivity contribution in [2.24, 2.45) is 0 Å². The van der Waals surface area contributed by atoms with E-state index < -0.39 is 0 Å². The highest BCUT2D eigenvalue weighted by Gasteiger charge is 2.23. The summed E-state index contributed by atoms with van der Waals surface area (Å²) in [6.45, 7) is 0.904. The minimum Gasteiger partial charge on any atom is -0.447 e. The summed E-state index contributed by atoms with van der Waals surface area (Å²) in [5.74, 6) is -0.228. The van der Waals surface area contributed by atoms with Crippen LogP contribution in [0.5, 0.6) is 0 Å². The molecule has 2 heterocycles. The van der Waals surface area contributed by atoms with E-state index in [0.717, 1.165) is 10.9 Å². The van der Waals surface area contributed by atoms with Crippen molar-refractivity contribution in [1.29, 1.82) is 0 Å². The zero-order chi connectivity index (χ0) is 17.2. The molecule has 0 atom stereocenters. The molecule has 0 saturated carbocycles. The molecule has 124 valence electrons. The normalized spacial score (nSPS) is 13.8. The van der Waals surface area contributed by atoms with Gasteiger partial charge in [-0.05, 0) is 36.4 Å². The molecule has 0 spiro atoms. The van der Waals surface area contributed by atoms with Crippen LogP contribution in [0.4, 0.5) is 16.2 Å². The summed E-state index contributed by atoms with van der Waals surface area (Å²) in [6.07, 6.45) is 1.33. The Morgan fingerprint density at radius 1 is 1.08 bits per heavy atom. The number of nitrogens with one attached hydrogen (secondary N) is 1. The third-order valence-corrected chi connectivity index (χ3v) is 4.08. The van der Waals surface area contributed by atoms with Gasteiger partial charge in [0.25, 0.3) is 5.91 Å². The Hall–Kier alpha value is -3.41. The molecule has 2 amide bonds. The van der Waals surface area contributed by atoms with E-state index >= 15 is 0 Å². The molecular weight excluding hydrogens is 318 g/mol. The molecule has 0 bridgehead atoms. The van der Waals surface area contributed by atoms with Crippen molar-refractivity contribution in [3.63, 3.8) is 0 Å². The van der Waals surface area contributed by atoms with Gasteiger partial charge in [0.2, 0.25) is 0 Å². The molecule has 1 N–H and O–H groups in total. The van der Waals surface area contributed by atoms with Crippen molar-refractivity contribution in [3.05, 3.63) is 66.4 Å². The van der Waals surface area contributed by atoms with Gasteiger partial charge in [-0.25, -0.2) is 4.79 Å². The number of amides is 2. The van der Waals surface area contributed by atoms with Crippen LogP contribution in [-0.4, -0.2) is 30.1 Å². The summed E-state index contributed by atoms with van der Waals surface area (Å²) < 4.78 is 4.92. The lowest BCUT2D eigenvalue weighted by atomic mass is 10.1. The van der Waals surface area contributed by atoms with E-state index in [1.54, 1.807) is 30.5 Å². The molecule has 2 aromatic carbocycles. The van der Waals surface area contributed by atoms with Gasteiger partial charge in [0.15, 0.2) is 0 Å². The maximum Gasteiger partial charge on any atom is 0.414 e. The lowest BCUT2D eigenvalue weighted by molar-refractivity contribution is 0.102. The van der Waals surface area contributed by atoms with Crippen LogP contribution in [0.25, 0.3) is 10.9 Å². The SMILES string of the molecule is O=C(Nc1cccc2cccnc12)c1ccc(N2CCOC2=O)cc1. The van der Waals surface area contributed by atoms with E-state index in [1.165, 1.54) is 4.90 Å². The fourth-order valence-electron chi connectivity index (χ4n) is 2.82. The smallest absolute Gasteiger partial charge is 0.414 e. The zero-order valence-electron chi connectivity index (χ0n) is 13.3. The highest BCUT2D eigenvalue weighted by Crippen LogP contribution is 2.23. The highest BCUT2D eigenvalue weighted by atomic mass is 16.6. The number of hydrogen-bond donors (Lipinski definition) is 1. The van der Waals surface area contributed by atoms with Gasteiger partial charge in [-0.1, -0.05) is 18.2 Å². The Labute approximate surface area is 144 Å². The van der Waals surface area contributed by atoms with Crippen LogP contribution in [-0.2, 0) is 4.74 Å². The highest BCUT2D eigenvalue weighted by molar-refractivity contribution is 6.08. The van der Waals surface area contributed by atoms with E-state index in [-0.39, 0.29) is 12.0 Å². The van der Waals surface area contributed by atoms with Crippen LogP contribution in [0.1, 0.15) is 10.4 Å². The fourth-order valence-corrected chi connectivity index (χ4v) is 2.82. The Bertz CT molecular complexity index is 948. The molecular formula is C19H15N3O3. The third-order valence-electron chi connectivity index (χ3n) is 4.08. The van der Waals surface area contributed by atoms with Crippen LogP contribution >= 0.6 is 0 Å². The van der Waals surface area contributed by atoms with E-state index in [2.05, 4.69) is 10.3 Å². The van der Waals surface area contributed by atoms with E-state index in [1.807, 2.05) is 30.3 Å². The summed E-state index contributed by atoms with van der Waals surface area (Å²) >= 11 is 0. The number of aromatic nitrogens is 1. The zero-order valence-corrected chi connectivity index (χ0v) is 13.3. The maximum absolute atomic E-state index is 12.5. The molecule has 1 aliphatic heterocycles. The number of fused-ring (bicyclic) bond motifs is 1. The molecule has 0 aliphatic carbocycles. The topological polar surface area (TPSA) is 71.5 Å². The van der Waals surface area contributed by atoms with Gasteiger partial charge in [-0.2, -0.15) is 0 Å². The lowest BCUT2D eigenvalue weighted by Gasteiger charge is -2.13. The van der Waals surface area contributed by atoms with Gasteiger partial charge in [0, 0.05) is 22.8 Å². The van der Waals surface area contributed by atoms with E-state index in [4.69, 9.17) is 4.74 Å². The second-order valence-corrected chi connectivity index (χ2v) is 5.65. The molecule has 6 nitrogen and oxygen atoms in total. The number of ether oxygens (including phenoxy) is 1. The van der Waals surface area contributed by atoms with Crippen LogP contribution in [0, 0.1) is 0 Å². The number of carbonyl (C=O) groups excluding carboxylic acids is 2. The average molecular weight is 333 g/mol. The van der Waals surface area contributed by atoms with Crippen molar-refractivity contribution >= 4 is 34.3 Å². The minimum atomic E-state index is -0.362. The predicted molar refractivity (Wildman–Crippen MR) is 94.8 cm³/mol. The van der Waals surface area contributed by atoms with Crippen molar-refractivity contribution in [2.75, 3.05) is 23.4 Å². The average Bonchev–Trinajstić information content (AvgIpc) is 3.08. The van der Waals surface area contributed by atoms with E-state index in [9.17, 15) is 9.59 Å². The van der Waals surface area contributed by atoms with Crippen molar-refractivity contribution in [2.45, 2.75) is 0 Å². The number of benzene rings is 2. The standard InChI is InChI=1S/C19H15N3O3/c23-18(21-16-5-1-3-13-4-2-10-20-17(13)16)14-6-8-15(9-7-14)22-11-12-25-19(22)24/h1-10H,11-12H2,(H,21,23). The summed E-state index contributed by atoms with van der Waals surface area (Å²) in [7, 11) is 0. The van der Waals surface area contributed by atoms with Crippen LogP contribution < -0.4 is 10.2 Å². The first-order valence-corrected chi connectivity index (χ1v) is 7.92. The molecule has 0 radical (unpaired) electrons. The quantitative estimate of drug-likeness (QED) is 0.797. The first kappa shape index (κ1) is 15.1. The number of hydrogen-bond acceptors (Lipinski definition) is 4. The molecule has 1 aromatic heterocycles. The largest absolute Gasteiger partial charge is 0.447 e. The predicted octanol–water partition coefficient (Wildman–Crippen LogP) is 3.44. The number of para-hydroxylation sites is 1. The number of anilines is 2. The molecule has 1 fully saturated rings. The summed E-state index contributed by atoms with van der Waals surface area (Å²) in [4.78, 5) is 30.0. The van der Waals surface area contributed by atoms with Crippen LogP contribution in [0.2, 0.25) is 0 Å². The second kappa shape index (κ2) is 6.24. The molecule has 25 heavy (non-hydrogen) atoms. The Kier molecular flexibility index (Phi) is 3.78. The monoisotopic (exact) mass is 333 g/mol. The molecule has 0 unspecified atom stereocenters. The molecule has 4 rings (SSSR count). The molecule has 1 aliphatic rings. The van der Waals surface area contributed by atoms with Gasteiger partial charge in [-0.3, -0.25) is 14.7 Å². The Balaban J connectivity index is 1.55. The number of cyclic esters (lactones) is 1. The lowest BCUT2D eigenvalue weighted by Crippen LogP contribution is -2.23. The van der Waals surface area contributed by atoms with Crippen molar-refractivity contribution in [3.8, 4) is 0 Å². The number of pyridine rings is 1. The first-order valence-electron chi connectivity index (χ1n) is 7.92. The summed E-state index contributed by atoms with van der Waals surface area (Å²) in [6, 6.07) is 16.3. The van der Waals surface area contributed by atoms with E-state index in [0.29, 0.717) is 30.1 Å². The fraction of sp³-hybridized carbons (Fsp3) is 0.105. The molecule has 1 saturated heterocycles. The minimum absolute atomic E-state index is 0.228. The van der Waals surface area contributed by atoms with Crippen LogP contribution in [0.15, 0.2) is 60.8 Å². The van der Waals surface area contributed by atoms with Gasteiger partial charge in [0.1, 0.15) is 6.61 Å². The summed E-state index contributed by atoms with van der Waals surface area (Å²) in [5.41, 5.74) is 2.63. The molecule has 6 heteroatoms. The van der Waals surface area contributed by atoms with Gasteiger partial charge >= 0.3 is 6.09 Å². The van der Waals surface area contributed by atoms with Gasteiger partial charge < -0.3 is 10.1 Å². The third kappa shape index (κ3) is 2.89. The molecule has 3 aromatic rings. The van der Waals surface area contributed by atoms with Crippen LogP contribution in [0.3, 0.4) is 0 Å². The Morgan fingerprint density at radius 2 is 1.88 bits per heavy atom. The van der Waals surface area contributed by atoms with Crippen molar-refractivity contribution in [1.82, 2.24) is 4.98 Å². The first-order chi connectivity index (χ1) is 12.2. The summed E-state index contributed by atoms with van der Waals surface area (Å²) in [5, 5.41) is 3.85. The maximum atomic E-state index is 12.5. The number of nitrogens with zero attached hydrogens (tertiary/aromatic N) is 2. The van der Waals surface area contributed by atoms with Crippen molar-refractivity contribution < 1.29 is 14.3 Å². The van der Waals surface area contributed by atoms with Gasteiger partial charge in [0.05, 0.1) is 17.7 Å². The Morgan fingerprint density at radius 3 is 2.64 bits per heavy atom. The van der Waals surface area contributed by atoms with Gasteiger partial charge in [-0.15, -0.1) is 0 Å². The number of carbonyl (C=O) groups is 2.